The molecule has 0 radical (unpaired) electrons. The van der Waals surface area contributed by atoms with Gasteiger partial charge in [0.05, 0.1) is 17.6 Å². The summed E-state index contributed by atoms with van der Waals surface area (Å²) in [5.41, 5.74) is 1.10. The number of hydrogen-bond acceptors (Lipinski definition) is 4. The number of hydrogen-bond donors (Lipinski definition) is 0. The predicted molar refractivity (Wildman–Crippen MR) is 56.4 cm³/mol. The first kappa shape index (κ1) is 10.6. The first-order valence-electron chi connectivity index (χ1n) is 5.00. The molecule has 1 aliphatic rings. The van der Waals surface area contributed by atoms with Crippen molar-refractivity contribution in [1.82, 2.24) is 0 Å². The quantitative estimate of drug-likeness (QED) is 0.446. The zero-order chi connectivity index (χ0) is 11.7. The summed E-state index contributed by atoms with van der Waals surface area (Å²) >= 11 is 0. The average molecular weight is 221 g/mol. The molecule has 1 saturated carbocycles. The topological polar surface area (TPSA) is 69.4 Å². The number of nitro benzene ring substituents is 1. The van der Waals surface area contributed by atoms with Crippen molar-refractivity contribution >= 4 is 11.7 Å². The van der Waals surface area contributed by atoms with Crippen molar-refractivity contribution in [2.24, 2.45) is 0 Å². The normalized spacial score (nSPS) is 14.6. The smallest absolute Gasteiger partial charge is 0.338 e. The van der Waals surface area contributed by atoms with Gasteiger partial charge in [-0.3, -0.25) is 10.1 Å². The monoisotopic (exact) mass is 221 g/mol. The van der Waals surface area contributed by atoms with E-state index in [0.29, 0.717) is 11.5 Å². The van der Waals surface area contributed by atoms with E-state index in [4.69, 9.17) is 0 Å². The molecule has 1 aromatic carbocycles. The van der Waals surface area contributed by atoms with Crippen molar-refractivity contribution in [1.29, 1.82) is 0 Å². The predicted octanol–water partition coefficient (Wildman–Crippen LogP) is 2.26. The Morgan fingerprint density at radius 2 is 2.19 bits per heavy atom. The first-order chi connectivity index (χ1) is 7.63. The Kier molecular flexibility index (Phi) is 2.60. The van der Waals surface area contributed by atoms with Crippen LogP contribution in [0.15, 0.2) is 18.2 Å². The average Bonchev–Trinajstić information content (AvgIpc) is 3.11. The fourth-order valence-corrected chi connectivity index (χ4v) is 1.69. The number of methoxy groups -OCH3 is 1. The second-order valence-corrected chi connectivity index (χ2v) is 3.79. The summed E-state index contributed by atoms with van der Waals surface area (Å²) in [6.45, 7) is 0. The number of non-ortho nitro benzene ring substituents is 1. The Labute approximate surface area is 92.2 Å². The third kappa shape index (κ3) is 1.88. The van der Waals surface area contributed by atoms with E-state index in [2.05, 4.69) is 4.74 Å². The maximum absolute atomic E-state index is 11.5. The first-order valence-corrected chi connectivity index (χ1v) is 5.00. The van der Waals surface area contributed by atoms with Crippen molar-refractivity contribution < 1.29 is 14.5 Å². The SMILES string of the molecule is COC(=O)c1cc([N+](=O)[O-])ccc1C1CC1. The van der Waals surface area contributed by atoms with Crippen LogP contribution in [0.4, 0.5) is 5.69 Å². The van der Waals surface area contributed by atoms with Gasteiger partial charge >= 0.3 is 5.97 Å². The molecule has 5 nitrogen and oxygen atoms in total. The van der Waals surface area contributed by atoms with Crippen LogP contribution in [0.5, 0.6) is 0 Å². The molecule has 1 aliphatic carbocycles. The van der Waals surface area contributed by atoms with Gasteiger partial charge in [0.2, 0.25) is 0 Å². The molecule has 0 aliphatic heterocycles. The van der Waals surface area contributed by atoms with E-state index in [1.165, 1.54) is 19.2 Å². The molecule has 2 rings (SSSR count). The molecule has 0 aromatic heterocycles. The van der Waals surface area contributed by atoms with Crippen LogP contribution in [0, 0.1) is 10.1 Å². The summed E-state index contributed by atoms with van der Waals surface area (Å²) in [4.78, 5) is 21.6. The molecule has 5 heteroatoms. The molecule has 84 valence electrons. The lowest BCUT2D eigenvalue weighted by Gasteiger charge is -2.06. The van der Waals surface area contributed by atoms with Gasteiger partial charge in [-0.2, -0.15) is 0 Å². The molecular formula is C11H11NO4. The second-order valence-electron chi connectivity index (χ2n) is 3.79. The third-order valence-corrected chi connectivity index (χ3v) is 2.67. The largest absolute Gasteiger partial charge is 0.465 e. The summed E-state index contributed by atoms with van der Waals surface area (Å²) < 4.78 is 4.63. The fraction of sp³-hybridized carbons (Fsp3) is 0.364. The summed E-state index contributed by atoms with van der Waals surface area (Å²) in [6, 6.07) is 4.38. The van der Waals surface area contributed by atoms with Crippen molar-refractivity contribution in [2.75, 3.05) is 7.11 Å². The van der Waals surface area contributed by atoms with Crippen molar-refractivity contribution in [3.05, 3.63) is 39.4 Å². The second kappa shape index (κ2) is 3.92. The maximum atomic E-state index is 11.5. The van der Waals surface area contributed by atoms with Gasteiger partial charge in [0, 0.05) is 12.1 Å². The Bertz CT molecular complexity index is 451. The molecule has 16 heavy (non-hydrogen) atoms. The van der Waals surface area contributed by atoms with Crippen LogP contribution in [0.3, 0.4) is 0 Å². The summed E-state index contributed by atoms with van der Waals surface area (Å²) in [7, 11) is 1.28. The minimum atomic E-state index is -0.511. The van der Waals surface area contributed by atoms with Crippen LogP contribution in [0.1, 0.15) is 34.7 Å². The van der Waals surface area contributed by atoms with Gasteiger partial charge in [0.1, 0.15) is 0 Å². The molecule has 0 bridgehead atoms. The van der Waals surface area contributed by atoms with E-state index in [-0.39, 0.29) is 5.69 Å². The number of nitro groups is 1. The van der Waals surface area contributed by atoms with Gasteiger partial charge in [0.15, 0.2) is 0 Å². The highest BCUT2D eigenvalue weighted by atomic mass is 16.6. The summed E-state index contributed by atoms with van der Waals surface area (Å²) in [5, 5.41) is 10.6. The number of esters is 1. The minimum absolute atomic E-state index is 0.0789. The van der Waals surface area contributed by atoms with E-state index >= 15 is 0 Å². The lowest BCUT2D eigenvalue weighted by atomic mass is 10.0. The number of ether oxygens (including phenoxy) is 1. The molecular weight excluding hydrogens is 210 g/mol. The highest BCUT2D eigenvalue weighted by Crippen LogP contribution is 2.42. The van der Waals surface area contributed by atoms with E-state index < -0.39 is 10.9 Å². The highest BCUT2D eigenvalue weighted by molar-refractivity contribution is 5.92. The fourth-order valence-electron chi connectivity index (χ4n) is 1.69. The Hall–Kier alpha value is -1.91. The van der Waals surface area contributed by atoms with E-state index in [1.54, 1.807) is 6.07 Å². The van der Waals surface area contributed by atoms with Crippen LogP contribution in [-0.2, 0) is 4.74 Å². The van der Waals surface area contributed by atoms with Gasteiger partial charge in [-0.15, -0.1) is 0 Å². The van der Waals surface area contributed by atoms with Crippen molar-refractivity contribution in [3.8, 4) is 0 Å². The number of carbonyl (C=O) groups excluding carboxylic acids is 1. The molecule has 0 atom stereocenters. The van der Waals surface area contributed by atoms with Crippen LogP contribution >= 0.6 is 0 Å². The van der Waals surface area contributed by atoms with Crippen molar-refractivity contribution in [2.45, 2.75) is 18.8 Å². The van der Waals surface area contributed by atoms with Gasteiger partial charge in [-0.1, -0.05) is 6.07 Å². The maximum Gasteiger partial charge on any atom is 0.338 e. The van der Waals surface area contributed by atoms with E-state index in [0.717, 1.165) is 18.4 Å². The minimum Gasteiger partial charge on any atom is -0.465 e. The van der Waals surface area contributed by atoms with E-state index in [9.17, 15) is 14.9 Å². The molecule has 0 spiro atoms. The molecule has 1 aromatic rings. The Morgan fingerprint density at radius 3 is 2.69 bits per heavy atom. The van der Waals surface area contributed by atoms with Gasteiger partial charge in [-0.25, -0.2) is 4.79 Å². The molecule has 0 heterocycles. The molecule has 0 amide bonds. The van der Waals surface area contributed by atoms with Crippen LogP contribution in [0.2, 0.25) is 0 Å². The Balaban J connectivity index is 2.46. The zero-order valence-electron chi connectivity index (χ0n) is 8.80. The third-order valence-electron chi connectivity index (χ3n) is 2.67. The molecule has 0 N–H and O–H groups in total. The van der Waals surface area contributed by atoms with E-state index in [1.807, 2.05) is 0 Å². The van der Waals surface area contributed by atoms with Crippen LogP contribution < -0.4 is 0 Å². The van der Waals surface area contributed by atoms with Gasteiger partial charge in [0.25, 0.3) is 5.69 Å². The van der Waals surface area contributed by atoms with Crippen LogP contribution in [-0.4, -0.2) is 18.0 Å². The number of nitrogens with zero attached hydrogens (tertiary/aromatic N) is 1. The summed E-state index contributed by atoms with van der Waals surface area (Å²) in [5.74, 6) is -0.152. The zero-order valence-corrected chi connectivity index (χ0v) is 8.80. The highest BCUT2D eigenvalue weighted by Gasteiger charge is 2.29. The lowest BCUT2D eigenvalue weighted by molar-refractivity contribution is -0.384. The molecule has 0 unspecified atom stereocenters. The molecule has 1 fully saturated rings. The Morgan fingerprint density at radius 1 is 1.50 bits per heavy atom. The van der Waals surface area contributed by atoms with Gasteiger partial charge < -0.3 is 4.74 Å². The number of carbonyl (C=O) groups is 1. The number of benzene rings is 1. The number of rotatable bonds is 3. The summed E-state index contributed by atoms with van der Waals surface area (Å²) in [6.07, 6.45) is 2.06. The van der Waals surface area contributed by atoms with Gasteiger partial charge in [-0.05, 0) is 24.3 Å². The molecule has 0 saturated heterocycles. The van der Waals surface area contributed by atoms with Crippen molar-refractivity contribution in [3.63, 3.8) is 0 Å². The van der Waals surface area contributed by atoms with Crippen LogP contribution in [0.25, 0.3) is 0 Å². The standard InChI is InChI=1S/C11H11NO4/c1-16-11(13)10-6-8(12(14)15)4-5-9(10)7-2-3-7/h4-7H,2-3H2,1H3. The lowest BCUT2D eigenvalue weighted by Crippen LogP contribution is -2.06.